The highest BCUT2D eigenvalue weighted by molar-refractivity contribution is 5.87. The van der Waals surface area contributed by atoms with Crippen molar-refractivity contribution in [1.29, 1.82) is 0 Å². The molecule has 15 nitrogen and oxygen atoms in total. The number of carbonyl (C=O) groups excluding carboxylic acids is 4. The lowest BCUT2D eigenvalue weighted by molar-refractivity contribution is -0.137. The second-order valence-electron chi connectivity index (χ2n) is 15.4. The van der Waals surface area contributed by atoms with Gasteiger partial charge in [-0.3, -0.25) is 9.59 Å². The van der Waals surface area contributed by atoms with E-state index in [1.807, 2.05) is 53.4 Å². The molecule has 4 heterocycles. The number of hydrogen-bond acceptors (Lipinski definition) is 9. The molecule has 0 bridgehead atoms. The lowest BCUT2D eigenvalue weighted by Gasteiger charge is -2.31. The van der Waals surface area contributed by atoms with Crippen molar-refractivity contribution in [3.63, 3.8) is 0 Å². The molecular weight excluding hydrogens is 753 g/mol. The molecular formula is C44H52N8O7. The summed E-state index contributed by atoms with van der Waals surface area (Å²) in [5, 5.41) is 5.44. The monoisotopic (exact) mass is 804 g/mol. The minimum Gasteiger partial charge on any atom is -0.453 e. The molecule has 7 rings (SSSR count). The third-order valence-corrected chi connectivity index (χ3v) is 11.8. The van der Waals surface area contributed by atoms with Crippen LogP contribution < -0.4 is 10.6 Å². The first-order valence-corrected chi connectivity index (χ1v) is 20.3. The number of hydrogen-bond donors (Lipinski definition) is 4. The van der Waals surface area contributed by atoms with Gasteiger partial charge in [0.2, 0.25) is 11.8 Å². The van der Waals surface area contributed by atoms with Gasteiger partial charge in [-0.1, -0.05) is 48.9 Å². The van der Waals surface area contributed by atoms with E-state index in [2.05, 4.69) is 37.4 Å². The van der Waals surface area contributed by atoms with Crippen molar-refractivity contribution in [3.05, 3.63) is 83.7 Å². The molecule has 0 radical (unpaired) electrons. The fourth-order valence-corrected chi connectivity index (χ4v) is 8.46. The minimum atomic E-state index is -0.897. The van der Waals surface area contributed by atoms with Crippen LogP contribution in [0, 0.1) is 17.8 Å². The summed E-state index contributed by atoms with van der Waals surface area (Å²) >= 11 is 0. The Balaban J connectivity index is 0.972. The molecule has 1 saturated carbocycles. The number of carbonyl (C=O) groups is 4. The fraction of sp³-hybridized carbons (Fsp3) is 0.455. The van der Waals surface area contributed by atoms with Crippen molar-refractivity contribution >= 4 is 24.0 Å². The Morgan fingerprint density at radius 3 is 1.63 bits per heavy atom. The first-order valence-electron chi connectivity index (χ1n) is 20.3. The van der Waals surface area contributed by atoms with Crippen molar-refractivity contribution in [3.8, 4) is 34.4 Å². The van der Waals surface area contributed by atoms with Gasteiger partial charge in [-0.05, 0) is 86.8 Å². The summed E-state index contributed by atoms with van der Waals surface area (Å²) in [6.45, 7) is 2.89. The number of aromatic amines is 2. The van der Waals surface area contributed by atoms with E-state index in [1.54, 1.807) is 24.2 Å². The summed E-state index contributed by atoms with van der Waals surface area (Å²) in [4.78, 5) is 71.4. The number of rotatable bonds is 11. The summed E-state index contributed by atoms with van der Waals surface area (Å²) in [6, 6.07) is 13.9. The van der Waals surface area contributed by atoms with Gasteiger partial charge in [-0.25, -0.2) is 19.6 Å². The Kier molecular flexibility index (Phi) is 13.0. The van der Waals surface area contributed by atoms with Crippen LogP contribution in [0.5, 0.6) is 0 Å². The van der Waals surface area contributed by atoms with Crippen molar-refractivity contribution in [2.75, 3.05) is 34.4 Å². The normalized spacial score (nSPS) is 19.4. The van der Waals surface area contributed by atoms with Gasteiger partial charge in [0.15, 0.2) is 0 Å². The number of alkyl carbamates (subject to hydrolysis) is 2. The number of methoxy groups -OCH3 is 3. The Hall–Kier alpha value is -6.14. The largest absolute Gasteiger partial charge is 0.453 e. The van der Waals surface area contributed by atoms with Crippen LogP contribution in [0.2, 0.25) is 0 Å². The smallest absolute Gasteiger partial charge is 0.407 e. The molecule has 4 amide bonds. The number of imidazole rings is 2. The van der Waals surface area contributed by atoms with E-state index in [4.69, 9.17) is 19.2 Å². The molecule has 15 heteroatoms. The van der Waals surface area contributed by atoms with E-state index in [1.165, 1.54) is 21.3 Å². The Labute approximate surface area is 344 Å². The first kappa shape index (κ1) is 41.0. The molecule has 2 aromatic carbocycles. The number of H-pyrrole nitrogens is 2. The van der Waals surface area contributed by atoms with Crippen LogP contribution in [0.1, 0.15) is 93.1 Å². The molecule has 59 heavy (non-hydrogen) atoms. The second-order valence-corrected chi connectivity index (χ2v) is 15.4. The Morgan fingerprint density at radius 1 is 0.678 bits per heavy atom. The lowest BCUT2D eigenvalue weighted by atomic mass is 9.96. The van der Waals surface area contributed by atoms with E-state index in [0.717, 1.165) is 90.8 Å². The fourth-order valence-electron chi connectivity index (χ4n) is 8.46. The van der Waals surface area contributed by atoms with Crippen LogP contribution in [0.25, 0.3) is 22.5 Å². The zero-order valence-electron chi connectivity index (χ0n) is 34.0. The quantitative estimate of drug-likeness (QED) is 0.135. The van der Waals surface area contributed by atoms with Crippen LogP contribution in [-0.4, -0.2) is 106 Å². The highest BCUT2D eigenvalue weighted by Crippen LogP contribution is 2.36. The summed E-state index contributed by atoms with van der Waals surface area (Å²) < 4.78 is 15.0. The number of amides is 4. The average Bonchev–Trinajstić information content (AvgIpc) is 4.13. The SMILES string of the molecule is COC(=O)N[C@H](C(=O)N1CCCC1c1ncc(-c2ccc(C#Cc3ccc(-c4cnc(C5CCCN5C(=O)[C@@H](NC(=O)OC)[C@@H](C)OC)[nH]4)cc3)cc2)[nH]1)C1CCCC1. The molecule has 310 valence electrons. The number of likely N-dealkylation sites (tertiary alicyclic amines) is 2. The van der Waals surface area contributed by atoms with Gasteiger partial charge in [-0.15, -0.1) is 0 Å². The third kappa shape index (κ3) is 9.28. The predicted molar refractivity (Wildman–Crippen MR) is 218 cm³/mol. The van der Waals surface area contributed by atoms with Gasteiger partial charge in [0, 0.05) is 31.3 Å². The van der Waals surface area contributed by atoms with Crippen molar-refractivity contribution in [1.82, 2.24) is 40.4 Å². The summed E-state index contributed by atoms with van der Waals surface area (Å²) in [5.41, 5.74) is 5.28. The molecule has 5 atom stereocenters. The van der Waals surface area contributed by atoms with Gasteiger partial charge in [0.1, 0.15) is 23.7 Å². The molecule has 2 aliphatic heterocycles. The highest BCUT2D eigenvalue weighted by atomic mass is 16.5. The summed E-state index contributed by atoms with van der Waals surface area (Å²) in [6.07, 6.45) is 8.87. The minimum absolute atomic E-state index is 0.0727. The number of aromatic nitrogens is 4. The second kappa shape index (κ2) is 18.6. The molecule has 3 aliphatic rings. The molecule has 2 unspecified atom stereocenters. The molecule has 2 aromatic heterocycles. The maximum absolute atomic E-state index is 13.8. The highest BCUT2D eigenvalue weighted by Gasteiger charge is 2.41. The molecule has 4 N–H and O–H groups in total. The van der Waals surface area contributed by atoms with E-state index in [9.17, 15) is 19.2 Å². The van der Waals surface area contributed by atoms with E-state index < -0.39 is 30.4 Å². The van der Waals surface area contributed by atoms with Gasteiger partial charge < -0.3 is 44.6 Å². The standard InChI is InChI=1S/C44H52N8O7/c1-27(57-2)37(49-43(55)58-3)41(53)51-23-7-11-35(51)39-45-25-33(47-39)30-19-15-28(16-20-30)13-14-29-17-21-31(22-18-29)34-26-46-40(48-34)36-12-8-24-52(36)42(54)38(50-44(56)59-4)32-9-5-6-10-32/h15-22,25-27,32,35-38H,5-12,23-24H2,1-4H3,(H,45,47)(H,46,48)(H,49,55)(H,50,56)/t27-,35?,36?,37+,38+/m1/s1. The number of ether oxygens (including phenoxy) is 3. The molecule has 3 fully saturated rings. The van der Waals surface area contributed by atoms with Gasteiger partial charge in [0.25, 0.3) is 0 Å². The van der Waals surface area contributed by atoms with E-state index in [0.29, 0.717) is 18.9 Å². The van der Waals surface area contributed by atoms with Crippen molar-refractivity contribution in [2.45, 2.75) is 88.6 Å². The van der Waals surface area contributed by atoms with Crippen LogP contribution in [0.3, 0.4) is 0 Å². The zero-order valence-corrected chi connectivity index (χ0v) is 34.0. The van der Waals surface area contributed by atoms with E-state index >= 15 is 0 Å². The van der Waals surface area contributed by atoms with Crippen molar-refractivity contribution < 1.29 is 33.4 Å². The lowest BCUT2D eigenvalue weighted by Crippen LogP contribution is -2.54. The maximum atomic E-state index is 13.8. The Morgan fingerprint density at radius 2 is 1.15 bits per heavy atom. The molecule has 1 aliphatic carbocycles. The predicted octanol–water partition coefficient (Wildman–Crippen LogP) is 5.87. The number of nitrogens with one attached hydrogen (secondary N) is 4. The van der Waals surface area contributed by atoms with Crippen LogP contribution >= 0.6 is 0 Å². The van der Waals surface area contributed by atoms with Crippen LogP contribution in [0.15, 0.2) is 60.9 Å². The van der Waals surface area contributed by atoms with Crippen LogP contribution in [-0.2, 0) is 23.8 Å². The summed E-state index contributed by atoms with van der Waals surface area (Å²) in [7, 11) is 4.07. The molecule has 4 aromatic rings. The molecule has 2 saturated heterocycles. The summed E-state index contributed by atoms with van der Waals surface area (Å²) in [5.74, 6) is 7.70. The molecule has 0 spiro atoms. The zero-order chi connectivity index (χ0) is 41.5. The first-order chi connectivity index (χ1) is 28.7. The average molecular weight is 805 g/mol. The number of nitrogens with zero attached hydrogens (tertiary/aromatic N) is 4. The topological polar surface area (TPSA) is 184 Å². The number of benzene rings is 2. The van der Waals surface area contributed by atoms with Gasteiger partial charge >= 0.3 is 12.2 Å². The van der Waals surface area contributed by atoms with Gasteiger partial charge in [-0.2, -0.15) is 0 Å². The van der Waals surface area contributed by atoms with E-state index in [-0.39, 0.29) is 29.8 Å². The third-order valence-electron chi connectivity index (χ3n) is 11.8. The van der Waals surface area contributed by atoms with Crippen LogP contribution in [0.4, 0.5) is 9.59 Å². The van der Waals surface area contributed by atoms with Crippen molar-refractivity contribution in [2.24, 2.45) is 5.92 Å². The maximum Gasteiger partial charge on any atom is 0.407 e. The van der Waals surface area contributed by atoms with Gasteiger partial charge in [0.05, 0.1) is 56.2 Å². The Bertz CT molecular complexity index is 2170.